The van der Waals surface area contributed by atoms with Crippen molar-refractivity contribution in [2.75, 3.05) is 0 Å². The van der Waals surface area contributed by atoms with Crippen LogP contribution in [0.15, 0.2) is 10.7 Å². The molecule has 0 atom stereocenters. The molecule has 0 aliphatic rings. The molecular weight excluding hydrogens is 182 g/mol. The van der Waals surface area contributed by atoms with E-state index in [1.54, 1.807) is 0 Å². The Morgan fingerprint density at radius 2 is 2.11 bits per heavy atom. The van der Waals surface area contributed by atoms with E-state index in [1.807, 2.05) is 0 Å². The van der Waals surface area contributed by atoms with Crippen LogP contribution in [0.4, 0.5) is 0 Å². The Labute approximate surface area is 67.5 Å². The summed E-state index contributed by atoms with van der Waals surface area (Å²) < 4.78 is 4.85. The Hall–Kier alpha value is 0.150. The van der Waals surface area contributed by atoms with E-state index in [1.165, 1.54) is 6.26 Å². The summed E-state index contributed by atoms with van der Waals surface area (Å²) in [5.74, 6) is 0.772. The van der Waals surface area contributed by atoms with Gasteiger partial charge in [0.15, 0.2) is 0 Å². The van der Waals surface area contributed by atoms with E-state index in [0.717, 1.165) is 0 Å². The fraction of sp³-hybridized carbons (Fsp3) is 0.200. The normalized spacial score (nSPS) is 10.1. The van der Waals surface area contributed by atoms with Crippen LogP contribution in [0, 0.1) is 0 Å². The van der Waals surface area contributed by atoms with Gasteiger partial charge in [-0.25, -0.2) is 0 Å². The lowest BCUT2D eigenvalue weighted by Crippen LogP contribution is -1.68. The van der Waals surface area contributed by atoms with Gasteiger partial charge < -0.3 is 4.42 Å². The van der Waals surface area contributed by atoms with Gasteiger partial charge in [0.2, 0.25) is 0 Å². The van der Waals surface area contributed by atoms with Crippen molar-refractivity contribution in [1.82, 2.24) is 0 Å². The second-order valence-electron chi connectivity index (χ2n) is 1.45. The second-order valence-corrected chi connectivity index (χ2v) is 2.51. The average Bonchev–Trinajstić information content (AvgIpc) is 2.15. The summed E-state index contributed by atoms with van der Waals surface area (Å²) in [6, 6.07) is 0. The van der Waals surface area contributed by atoms with Gasteiger partial charge in [-0.1, -0.05) is 23.2 Å². The highest BCUT2D eigenvalue weighted by Gasteiger charge is 2.06. The predicted molar refractivity (Wildman–Crippen MR) is 38.3 cm³/mol. The van der Waals surface area contributed by atoms with Crippen LogP contribution in [0.2, 0.25) is 10.0 Å². The Morgan fingerprint density at radius 3 is 2.33 bits per heavy atom. The minimum Gasteiger partial charge on any atom is -0.465 e. The SMILES string of the molecule is ClCc1occ(Cl)c1Cl. The van der Waals surface area contributed by atoms with Crippen LogP contribution in [-0.4, -0.2) is 0 Å². The summed E-state index contributed by atoms with van der Waals surface area (Å²) in [6.45, 7) is 0. The van der Waals surface area contributed by atoms with Crippen LogP contribution in [0.3, 0.4) is 0 Å². The van der Waals surface area contributed by atoms with Crippen molar-refractivity contribution in [2.45, 2.75) is 5.88 Å². The molecule has 0 fully saturated rings. The van der Waals surface area contributed by atoms with Crippen molar-refractivity contribution in [1.29, 1.82) is 0 Å². The Kier molecular flexibility index (Phi) is 2.28. The summed E-state index contributed by atoms with van der Waals surface area (Å²) in [7, 11) is 0. The molecule has 0 saturated carbocycles. The average molecular weight is 185 g/mol. The minimum atomic E-state index is 0.256. The first-order valence-corrected chi connectivity index (χ1v) is 3.52. The highest BCUT2D eigenvalue weighted by molar-refractivity contribution is 6.42. The van der Waals surface area contributed by atoms with Crippen LogP contribution < -0.4 is 0 Å². The van der Waals surface area contributed by atoms with Gasteiger partial charge in [-0.05, 0) is 0 Å². The van der Waals surface area contributed by atoms with Crippen molar-refractivity contribution >= 4 is 34.8 Å². The molecule has 0 bridgehead atoms. The molecule has 0 aliphatic carbocycles. The predicted octanol–water partition coefficient (Wildman–Crippen LogP) is 3.33. The largest absolute Gasteiger partial charge is 0.465 e. The van der Waals surface area contributed by atoms with E-state index >= 15 is 0 Å². The van der Waals surface area contributed by atoms with Gasteiger partial charge in [-0.15, -0.1) is 11.6 Å². The molecule has 1 nitrogen and oxygen atoms in total. The first kappa shape index (κ1) is 7.26. The van der Waals surface area contributed by atoms with E-state index in [9.17, 15) is 0 Å². The zero-order chi connectivity index (χ0) is 6.85. The van der Waals surface area contributed by atoms with E-state index in [-0.39, 0.29) is 5.88 Å². The monoisotopic (exact) mass is 184 g/mol. The molecule has 0 saturated heterocycles. The van der Waals surface area contributed by atoms with Crippen LogP contribution >= 0.6 is 34.8 Å². The summed E-state index contributed by atoms with van der Waals surface area (Å²) in [6.07, 6.45) is 1.36. The van der Waals surface area contributed by atoms with Gasteiger partial charge in [0.25, 0.3) is 0 Å². The number of halogens is 3. The molecule has 1 heterocycles. The van der Waals surface area contributed by atoms with Crippen molar-refractivity contribution in [3.05, 3.63) is 22.1 Å². The third kappa shape index (κ3) is 1.34. The van der Waals surface area contributed by atoms with Gasteiger partial charge in [0, 0.05) is 0 Å². The van der Waals surface area contributed by atoms with Crippen LogP contribution in [0.25, 0.3) is 0 Å². The third-order valence-electron chi connectivity index (χ3n) is 0.881. The lowest BCUT2D eigenvalue weighted by atomic mass is 10.5. The van der Waals surface area contributed by atoms with E-state index in [2.05, 4.69) is 0 Å². The number of alkyl halides is 1. The Bertz CT molecular complexity index is 206. The maximum atomic E-state index is 5.60. The number of rotatable bonds is 1. The van der Waals surface area contributed by atoms with E-state index < -0.39 is 0 Å². The molecule has 1 aromatic heterocycles. The molecule has 0 aliphatic heterocycles. The number of furan rings is 1. The Morgan fingerprint density at radius 1 is 1.44 bits per heavy atom. The van der Waals surface area contributed by atoms with Crippen molar-refractivity contribution in [3.8, 4) is 0 Å². The maximum absolute atomic E-state index is 5.60. The molecule has 0 amide bonds. The topological polar surface area (TPSA) is 13.1 Å². The molecule has 0 radical (unpaired) electrons. The fourth-order valence-electron chi connectivity index (χ4n) is 0.450. The lowest BCUT2D eigenvalue weighted by molar-refractivity contribution is 0.529. The molecule has 0 spiro atoms. The van der Waals surface area contributed by atoms with Crippen molar-refractivity contribution in [2.24, 2.45) is 0 Å². The molecule has 4 heteroatoms. The molecule has 0 N–H and O–H groups in total. The highest BCUT2D eigenvalue weighted by atomic mass is 35.5. The lowest BCUT2D eigenvalue weighted by Gasteiger charge is -1.84. The van der Waals surface area contributed by atoms with Crippen molar-refractivity contribution < 1.29 is 4.42 Å². The van der Waals surface area contributed by atoms with Crippen LogP contribution in [-0.2, 0) is 5.88 Å². The second kappa shape index (κ2) is 2.82. The first-order chi connectivity index (χ1) is 4.25. The van der Waals surface area contributed by atoms with Crippen LogP contribution in [0.5, 0.6) is 0 Å². The standard InChI is InChI=1S/C5H3Cl3O/c6-1-4-5(8)3(7)2-9-4/h2H,1H2. The minimum absolute atomic E-state index is 0.256. The van der Waals surface area contributed by atoms with E-state index in [0.29, 0.717) is 15.8 Å². The molecule has 0 aromatic carbocycles. The van der Waals surface area contributed by atoms with Gasteiger partial charge in [0.1, 0.15) is 17.0 Å². The molecule has 50 valence electrons. The molecule has 1 rings (SSSR count). The van der Waals surface area contributed by atoms with Gasteiger partial charge in [-0.3, -0.25) is 0 Å². The van der Waals surface area contributed by atoms with Gasteiger partial charge >= 0.3 is 0 Å². The van der Waals surface area contributed by atoms with Crippen LogP contribution in [0.1, 0.15) is 5.76 Å². The highest BCUT2D eigenvalue weighted by Crippen LogP contribution is 2.28. The first-order valence-electron chi connectivity index (χ1n) is 2.23. The summed E-state index contributed by atoms with van der Waals surface area (Å²) in [5.41, 5.74) is 0. The molecular formula is C5H3Cl3O. The summed E-state index contributed by atoms with van der Waals surface area (Å²) in [5, 5.41) is 0.819. The fourth-order valence-corrected chi connectivity index (χ4v) is 1.02. The van der Waals surface area contributed by atoms with Gasteiger partial charge in [0.05, 0.1) is 10.9 Å². The summed E-state index contributed by atoms with van der Waals surface area (Å²) in [4.78, 5) is 0. The quantitative estimate of drug-likeness (QED) is 0.612. The molecule has 0 unspecified atom stereocenters. The maximum Gasteiger partial charge on any atom is 0.138 e. The summed E-state index contributed by atoms with van der Waals surface area (Å²) >= 11 is 16.5. The third-order valence-corrected chi connectivity index (χ3v) is 1.91. The zero-order valence-electron chi connectivity index (χ0n) is 4.33. The van der Waals surface area contributed by atoms with Crippen molar-refractivity contribution in [3.63, 3.8) is 0 Å². The Balaban J connectivity index is 3.04. The number of hydrogen-bond acceptors (Lipinski definition) is 1. The smallest absolute Gasteiger partial charge is 0.138 e. The van der Waals surface area contributed by atoms with Gasteiger partial charge in [-0.2, -0.15) is 0 Å². The number of hydrogen-bond donors (Lipinski definition) is 0. The molecule has 1 aromatic rings. The van der Waals surface area contributed by atoms with E-state index in [4.69, 9.17) is 39.2 Å². The molecule has 9 heavy (non-hydrogen) atoms. The zero-order valence-corrected chi connectivity index (χ0v) is 6.59.